The van der Waals surface area contributed by atoms with Crippen molar-refractivity contribution in [1.29, 1.82) is 0 Å². The molecule has 1 N–H and O–H groups in total. The van der Waals surface area contributed by atoms with Crippen LogP contribution in [0.5, 0.6) is 0 Å². The number of carbonyl (C=O) groups is 1. The second-order valence-electron chi connectivity index (χ2n) is 6.95. The normalized spacial score (nSPS) is 12.2. The fourth-order valence-electron chi connectivity index (χ4n) is 2.79. The summed E-state index contributed by atoms with van der Waals surface area (Å²) >= 11 is 0. The second-order valence-corrected chi connectivity index (χ2v) is 6.95. The zero-order chi connectivity index (χ0) is 20.3. The molecule has 2 aromatic carbocycles. The lowest BCUT2D eigenvalue weighted by Gasteiger charge is -2.15. The molecule has 1 aromatic heterocycles. The van der Waals surface area contributed by atoms with Crippen molar-refractivity contribution >= 4 is 5.91 Å². The van der Waals surface area contributed by atoms with Crippen LogP contribution in [0.15, 0.2) is 57.7 Å². The Labute approximate surface area is 162 Å². The zero-order valence-electron chi connectivity index (χ0n) is 16.0. The Balaban J connectivity index is 1.66. The SMILES string of the molecule is CC(C)c1ccc(C(C)NC(=O)Cn2nc(-c3ccc(F)cc3)oc2=O)cc1. The Morgan fingerprint density at radius 2 is 1.68 bits per heavy atom. The summed E-state index contributed by atoms with van der Waals surface area (Å²) in [4.78, 5) is 24.3. The number of aromatic nitrogens is 2. The summed E-state index contributed by atoms with van der Waals surface area (Å²) in [6, 6.07) is 13.2. The van der Waals surface area contributed by atoms with Crippen molar-refractivity contribution in [2.45, 2.75) is 39.3 Å². The zero-order valence-corrected chi connectivity index (χ0v) is 16.0. The molecule has 0 saturated heterocycles. The van der Waals surface area contributed by atoms with Crippen molar-refractivity contribution in [1.82, 2.24) is 15.1 Å². The highest BCUT2D eigenvalue weighted by molar-refractivity contribution is 5.76. The van der Waals surface area contributed by atoms with Crippen LogP contribution in [0.25, 0.3) is 11.5 Å². The number of nitrogens with one attached hydrogen (secondary N) is 1. The van der Waals surface area contributed by atoms with E-state index in [4.69, 9.17) is 4.42 Å². The minimum Gasteiger partial charge on any atom is -0.388 e. The number of halogens is 1. The summed E-state index contributed by atoms with van der Waals surface area (Å²) in [5.74, 6) is -1.03. The number of hydrogen-bond acceptors (Lipinski definition) is 4. The molecule has 0 fully saturated rings. The molecule has 0 aliphatic heterocycles. The minimum atomic E-state index is -0.747. The van der Waals surface area contributed by atoms with E-state index in [9.17, 15) is 14.0 Å². The molecule has 7 heteroatoms. The van der Waals surface area contributed by atoms with Gasteiger partial charge >= 0.3 is 5.76 Å². The van der Waals surface area contributed by atoms with Crippen LogP contribution in [0.1, 0.15) is 43.9 Å². The van der Waals surface area contributed by atoms with Gasteiger partial charge in [0.05, 0.1) is 6.04 Å². The summed E-state index contributed by atoms with van der Waals surface area (Å²) in [7, 11) is 0. The third-order valence-corrected chi connectivity index (χ3v) is 4.47. The highest BCUT2D eigenvalue weighted by Gasteiger charge is 2.15. The van der Waals surface area contributed by atoms with E-state index in [1.807, 2.05) is 31.2 Å². The van der Waals surface area contributed by atoms with Crippen LogP contribution in [-0.4, -0.2) is 15.7 Å². The monoisotopic (exact) mass is 383 g/mol. The Morgan fingerprint density at radius 1 is 1.07 bits per heavy atom. The fraction of sp³-hybridized carbons (Fsp3) is 0.286. The van der Waals surface area contributed by atoms with Crippen molar-refractivity contribution in [3.63, 3.8) is 0 Å². The molecule has 0 bridgehead atoms. The lowest BCUT2D eigenvalue weighted by Crippen LogP contribution is -2.33. The number of rotatable bonds is 6. The topological polar surface area (TPSA) is 77.1 Å². The molecule has 146 valence electrons. The van der Waals surface area contributed by atoms with E-state index >= 15 is 0 Å². The van der Waals surface area contributed by atoms with Crippen LogP contribution in [-0.2, 0) is 11.3 Å². The van der Waals surface area contributed by atoms with Gasteiger partial charge in [0.15, 0.2) is 0 Å². The van der Waals surface area contributed by atoms with Crippen molar-refractivity contribution in [3.8, 4) is 11.5 Å². The van der Waals surface area contributed by atoms with Gasteiger partial charge in [-0.1, -0.05) is 38.1 Å². The molecule has 0 saturated carbocycles. The maximum Gasteiger partial charge on any atom is 0.437 e. The quantitative estimate of drug-likeness (QED) is 0.705. The standard InChI is InChI=1S/C21H22FN3O3/c1-13(2)15-4-6-16(7-5-15)14(3)23-19(26)12-25-21(27)28-20(24-25)17-8-10-18(22)11-9-17/h4-11,13-14H,12H2,1-3H3,(H,23,26). The van der Waals surface area contributed by atoms with Crippen LogP contribution in [0, 0.1) is 5.82 Å². The van der Waals surface area contributed by atoms with Crippen LogP contribution >= 0.6 is 0 Å². The van der Waals surface area contributed by atoms with Crippen molar-refractivity contribution in [3.05, 3.63) is 76.0 Å². The van der Waals surface area contributed by atoms with Crippen LogP contribution in [0.2, 0.25) is 0 Å². The molecule has 1 atom stereocenters. The van der Waals surface area contributed by atoms with E-state index in [2.05, 4.69) is 24.3 Å². The molecule has 28 heavy (non-hydrogen) atoms. The van der Waals surface area contributed by atoms with Gasteiger partial charge in [-0.15, -0.1) is 5.10 Å². The van der Waals surface area contributed by atoms with Gasteiger partial charge < -0.3 is 9.73 Å². The summed E-state index contributed by atoms with van der Waals surface area (Å²) in [5, 5.41) is 6.86. The first-order valence-electron chi connectivity index (χ1n) is 9.06. The third kappa shape index (κ3) is 4.54. The Morgan fingerprint density at radius 3 is 2.29 bits per heavy atom. The van der Waals surface area contributed by atoms with Gasteiger partial charge in [0.25, 0.3) is 0 Å². The number of amides is 1. The fourth-order valence-corrected chi connectivity index (χ4v) is 2.79. The predicted octanol–water partition coefficient (Wildman–Crippen LogP) is 3.64. The molecular formula is C21H22FN3O3. The molecule has 1 amide bonds. The van der Waals surface area contributed by atoms with E-state index in [1.54, 1.807) is 0 Å². The molecule has 1 unspecified atom stereocenters. The number of carbonyl (C=O) groups excluding carboxylic acids is 1. The third-order valence-electron chi connectivity index (χ3n) is 4.47. The highest BCUT2D eigenvalue weighted by atomic mass is 19.1. The van der Waals surface area contributed by atoms with Gasteiger partial charge in [-0.05, 0) is 48.2 Å². The van der Waals surface area contributed by atoms with E-state index < -0.39 is 11.6 Å². The second kappa shape index (κ2) is 8.21. The van der Waals surface area contributed by atoms with Gasteiger partial charge in [0, 0.05) is 5.56 Å². The predicted molar refractivity (Wildman–Crippen MR) is 103 cm³/mol. The Hall–Kier alpha value is -3.22. The smallest absolute Gasteiger partial charge is 0.388 e. The lowest BCUT2D eigenvalue weighted by molar-refractivity contribution is -0.122. The van der Waals surface area contributed by atoms with Crippen LogP contribution in [0.4, 0.5) is 4.39 Å². The minimum absolute atomic E-state index is 0.0372. The lowest BCUT2D eigenvalue weighted by atomic mass is 9.99. The van der Waals surface area contributed by atoms with Gasteiger partial charge in [-0.3, -0.25) is 4.79 Å². The van der Waals surface area contributed by atoms with Gasteiger partial charge in [0.2, 0.25) is 11.8 Å². The largest absolute Gasteiger partial charge is 0.437 e. The first-order chi connectivity index (χ1) is 13.3. The summed E-state index contributed by atoms with van der Waals surface area (Å²) in [5.41, 5.74) is 2.65. The van der Waals surface area contributed by atoms with E-state index in [1.165, 1.54) is 29.8 Å². The number of hydrogen-bond donors (Lipinski definition) is 1. The summed E-state index contributed by atoms with van der Waals surface area (Å²) < 4.78 is 19.0. The van der Waals surface area contributed by atoms with Crippen molar-refractivity contribution in [2.75, 3.05) is 0 Å². The molecule has 0 aliphatic rings. The molecule has 0 radical (unpaired) electrons. The average Bonchev–Trinajstić information content (AvgIpc) is 3.02. The van der Waals surface area contributed by atoms with E-state index in [0.717, 1.165) is 10.2 Å². The summed E-state index contributed by atoms with van der Waals surface area (Å²) in [6.07, 6.45) is 0. The molecule has 1 heterocycles. The number of benzene rings is 2. The van der Waals surface area contributed by atoms with E-state index in [-0.39, 0.29) is 24.4 Å². The van der Waals surface area contributed by atoms with Crippen LogP contribution in [0.3, 0.4) is 0 Å². The maximum atomic E-state index is 13.0. The molecular weight excluding hydrogens is 361 g/mol. The van der Waals surface area contributed by atoms with Gasteiger partial charge in [-0.2, -0.15) is 4.68 Å². The van der Waals surface area contributed by atoms with Crippen LogP contribution < -0.4 is 11.1 Å². The number of nitrogens with zero attached hydrogens (tertiary/aromatic N) is 2. The highest BCUT2D eigenvalue weighted by Crippen LogP contribution is 2.19. The van der Waals surface area contributed by atoms with Gasteiger partial charge in [0.1, 0.15) is 12.4 Å². The Bertz CT molecular complexity index is 1000. The molecule has 0 spiro atoms. The summed E-state index contributed by atoms with van der Waals surface area (Å²) in [6.45, 7) is 5.85. The van der Waals surface area contributed by atoms with Crippen molar-refractivity contribution < 1.29 is 13.6 Å². The Kier molecular flexibility index (Phi) is 5.73. The molecule has 3 aromatic rings. The molecule has 3 rings (SSSR count). The van der Waals surface area contributed by atoms with Crippen molar-refractivity contribution in [2.24, 2.45) is 0 Å². The maximum absolute atomic E-state index is 13.0. The first-order valence-corrected chi connectivity index (χ1v) is 9.06. The molecule has 6 nitrogen and oxygen atoms in total. The molecule has 0 aliphatic carbocycles. The first kappa shape index (κ1) is 19.5. The van der Waals surface area contributed by atoms with E-state index in [0.29, 0.717) is 11.5 Å². The average molecular weight is 383 g/mol. The van der Waals surface area contributed by atoms with Gasteiger partial charge in [-0.25, -0.2) is 9.18 Å².